The standard InChI is InChI=1S/C39H46F3NO6S/c1-5-48-33(46)43(22-25-7-9-27(10-8-25)49-39(40,41)42)23-37(47)17-14-31-35(37,4)16-13-30-34(3)15-12-26(44)20-36(34)18-19-38(30,31)28(21-36)32(45)29-11-6-24(2)50-29/h6-11,18-19,21,26,30-31,44,47H,5,12-17,20,22-23H2,1-4H3. The minimum Gasteiger partial charge on any atom is -0.450 e. The topological polar surface area (TPSA) is 96.3 Å². The zero-order valence-corrected chi connectivity index (χ0v) is 29.8. The Hall–Kier alpha value is -3.15. The number of fused-ring (bicyclic) bond motifs is 1. The number of rotatable bonds is 8. The maximum atomic E-state index is 14.6. The normalized spacial score (nSPS) is 37.0. The molecule has 270 valence electrons. The van der Waals surface area contributed by atoms with E-state index >= 15 is 0 Å². The highest BCUT2D eigenvalue weighted by atomic mass is 32.1. The molecule has 50 heavy (non-hydrogen) atoms. The van der Waals surface area contributed by atoms with E-state index < -0.39 is 40.4 Å². The molecule has 11 heteroatoms. The van der Waals surface area contributed by atoms with Crippen LogP contribution < -0.4 is 4.74 Å². The quantitative estimate of drug-likeness (QED) is 0.211. The van der Waals surface area contributed by atoms with Gasteiger partial charge in [-0.3, -0.25) is 4.79 Å². The van der Waals surface area contributed by atoms with Gasteiger partial charge in [-0.15, -0.1) is 24.5 Å². The van der Waals surface area contributed by atoms with Gasteiger partial charge in [-0.05, 0) is 106 Å². The number of hydrogen-bond donors (Lipinski definition) is 2. The number of carbonyl (C=O) groups is 2. The Bertz CT molecular complexity index is 1740. The highest BCUT2D eigenvalue weighted by molar-refractivity contribution is 7.14. The number of ketones is 1. The van der Waals surface area contributed by atoms with Crippen molar-refractivity contribution in [1.29, 1.82) is 0 Å². The SMILES string of the molecule is CCOC(=O)N(Cc1ccc(OC(F)(F)F)cc1)CC1(O)CCC2C34C=CC5(C=C3C(=O)c3ccc(C)s3)CC(O)CCC5(C)C4CCC21C. The molecule has 2 spiro atoms. The van der Waals surface area contributed by atoms with Gasteiger partial charge in [-0.2, -0.15) is 0 Å². The van der Waals surface area contributed by atoms with E-state index in [9.17, 15) is 33.0 Å². The van der Waals surface area contributed by atoms with E-state index in [-0.39, 0.29) is 48.5 Å². The van der Waals surface area contributed by atoms with Crippen LogP contribution in [0.1, 0.15) is 85.8 Å². The molecule has 6 aliphatic carbocycles. The molecule has 0 saturated heterocycles. The number of halogens is 3. The van der Waals surface area contributed by atoms with Crippen molar-refractivity contribution in [1.82, 2.24) is 4.90 Å². The lowest BCUT2D eigenvalue weighted by molar-refractivity contribution is -0.274. The molecule has 8 atom stereocenters. The first-order chi connectivity index (χ1) is 23.5. The first-order valence-electron chi connectivity index (χ1n) is 17.7. The van der Waals surface area contributed by atoms with Gasteiger partial charge in [0.15, 0.2) is 5.78 Å². The van der Waals surface area contributed by atoms with E-state index in [0.717, 1.165) is 23.3 Å². The molecular formula is C39H46F3NO6S. The van der Waals surface area contributed by atoms with Crippen LogP contribution in [0.2, 0.25) is 0 Å². The zero-order valence-electron chi connectivity index (χ0n) is 29.0. The number of ether oxygens (including phenoxy) is 2. The number of hydrogen-bond acceptors (Lipinski definition) is 7. The molecule has 2 bridgehead atoms. The van der Waals surface area contributed by atoms with Crippen molar-refractivity contribution in [2.45, 2.75) is 97.3 Å². The molecular weight excluding hydrogens is 667 g/mol. The first-order valence-corrected chi connectivity index (χ1v) is 18.5. The predicted octanol–water partition coefficient (Wildman–Crippen LogP) is 8.39. The summed E-state index contributed by atoms with van der Waals surface area (Å²) < 4.78 is 47.7. The lowest BCUT2D eigenvalue weighted by Gasteiger charge is -2.71. The molecule has 2 N–H and O–H groups in total. The van der Waals surface area contributed by atoms with E-state index in [2.05, 4.69) is 36.8 Å². The summed E-state index contributed by atoms with van der Waals surface area (Å²) in [7, 11) is 0. The number of benzene rings is 1. The van der Waals surface area contributed by atoms with Crippen LogP contribution >= 0.6 is 11.3 Å². The van der Waals surface area contributed by atoms with Crippen LogP contribution in [0.15, 0.2) is 60.2 Å². The van der Waals surface area contributed by atoms with Gasteiger partial charge in [-0.1, -0.05) is 44.2 Å². The summed E-state index contributed by atoms with van der Waals surface area (Å²) in [6, 6.07) is 9.23. The number of allylic oxidation sites excluding steroid dienone is 4. The molecule has 1 amide bonds. The highest BCUT2D eigenvalue weighted by Crippen LogP contribution is 2.78. The highest BCUT2D eigenvalue weighted by Gasteiger charge is 2.74. The molecule has 2 aromatic rings. The molecule has 0 radical (unpaired) electrons. The summed E-state index contributed by atoms with van der Waals surface area (Å²) in [5, 5.41) is 23.8. The fourth-order valence-corrected chi connectivity index (χ4v) is 11.8. The molecule has 8 unspecified atom stereocenters. The van der Waals surface area contributed by atoms with Gasteiger partial charge in [-0.25, -0.2) is 4.79 Å². The lowest BCUT2D eigenvalue weighted by Crippen LogP contribution is -2.67. The van der Waals surface area contributed by atoms with E-state index in [0.29, 0.717) is 42.5 Å². The smallest absolute Gasteiger partial charge is 0.450 e. The molecule has 3 saturated carbocycles. The summed E-state index contributed by atoms with van der Waals surface area (Å²) in [6.45, 7) is 8.25. The van der Waals surface area contributed by atoms with Crippen LogP contribution in [0.5, 0.6) is 5.75 Å². The summed E-state index contributed by atoms with van der Waals surface area (Å²) in [4.78, 5) is 31.3. The minimum atomic E-state index is -4.82. The number of aryl methyl sites for hydroxylation is 1. The van der Waals surface area contributed by atoms with Gasteiger partial charge in [0.1, 0.15) is 5.75 Å². The Morgan fingerprint density at radius 1 is 0.980 bits per heavy atom. The number of aliphatic hydroxyl groups is 2. The van der Waals surface area contributed by atoms with E-state index in [1.54, 1.807) is 6.92 Å². The summed E-state index contributed by atoms with van der Waals surface area (Å²) >= 11 is 1.49. The number of alkyl halides is 3. The molecule has 1 aromatic carbocycles. The number of amides is 1. The Morgan fingerprint density at radius 2 is 1.66 bits per heavy atom. The van der Waals surface area contributed by atoms with Gasteiger partial charge < -0.3 is 24.6 Å². The van der Waals surface area contributed by atoms with E-state index in [1.165, 1.54) is 40.5 Å². The lowest BCUT2D eigenvalue weighted by atomic mass is 9.32. The molecule has 6 aliphatic rings. The van der Waals surface area contributed by atoms with Crippen LogP contribution in [0.4, 0.5) is 18.0 Å². The summed E-state index contributed by atoms with van der Waals surface area (Å²) in [6.07, 6.45) is 5.52. The van der Waals surface area contributed by atoms with Gasteiger partial charge in [0.25, 0.3) is 0 Å². The Balaban J connectivity index is 1.25. The fourth-order valence-electron chi connectivity index (χ4n) is 11.0. The Kier molecular flexibility index (Phi) is 8.43. The van der Waals surface area contributed by atoms with Gasteiger partial charge in [0.2, 0.25) is 0 Å². The number of nitrogens with zero attached hydrogens (tertiary/aromatic N) is 1. The van der Waals surface area contributed by atoms with Crippen LogP contribution in [0, 0.1) is 40.4 Å². The number of thiophene rings is 1. The molecule has 3 fully saturated rings. The third-order valence-electron chi connectivity index (χ3n) is 13.4. The number of Topliss-reactive ketones (excluding diaryl/α,β-unsaturated/α-hetero) is 1. The van der Waals surface area contributed by atoms with Crippen LogP contribution in [-0.4, -0.2) is 58.2 Å². The second kappa shape index (κ2) is 12.0. The van der Waals surface area contributed by atoms with Gasteiger partial charge >= 0.3 is 12.5 Å². The third kappa shape index (κ3) is 5.28. The van der Waals surface area contributed by atoms with Crippen molar-refractivity contribution in [3.05, 3.63) is 75.5 Å². The Labute approximate surface area is 295 Å². The van der Waals surface area contributed by atoms with Crippen molar-refractivity contribution >= 4 is 23.2 Å². The van der Waals surface area contributed by atoms with Crippen LogP contribution in [-0.2, 0) is 11.3 Å². The van der Waals surface area contributed by atoms with E-state index in [1.807, 2.05) is 19.1 Å². The molecule has 0 aliphatic heterocycles. The monoisotopic (exact) mass is 713 g/mol. The van der Waals surface area contributed by atoms with Crippen molar-refractivity contribution in [3.63, 3.8) is 0 Å². The average Bonchev–Trinajstić information content (AvgIpc) is 3.60. The van der Waals surface area contributed by atoms with E-state index in [4.69, 9.17) is 4.74 Å². The van der Waals surface area contributed by atoms with Crippen molar-refractivity contribution in [2.24, 2.45) is 33.5 Å². The van der Waals surface area contributed by atoms with Crippen LogP contribution in [0.25, 0.3) is 0 Å². The first kappa shape index (κ1) is 35.3. The predicted molar refractivity (Wildman–Crippen MR) is 183 cm³/mol. The third-order valence-corrected chi connectivity index (χ3v) is 14.4. The number of carbonyl (C=O) groups excluding carboxylic acids is 2. The van der Waals surface area contributed by atoms with Crippen LogP contribution in [0.3, 0.4) is 0 Å². The second-order valence-corrected chi connectivity index (χ2v) is 17.1. The van der Waals surface area contributed by atoms with Crippen molar-refractivity contribution < 1.29 is 42.4 Å². The average molecular weight is 714 g/mol. The number of aliphatic hydroxyl groups excluding tert-OH is 1. The van der Waals surface area contributed by atoms with Crippen molar-refractivity contribution in [2.75, 3.05) is 13.2 Å². The Morgan fingerprint density at radius 3 is 2.32 bits per heavy atom. The molecule has 1 heterocycles. The van der Waals surface area contributed by atoms with Gasteiger partial charge in [0, 0.05) is 33.2 Å². The summed E-state index contributed by atoms with van der Waals surface area (Å²) in [5.74, 6) is -0.309. The minimum absolute atomic E-state index is 0.0183. The second-order valence-electron chi connectivity index (χ2n) is 15.8. The maximum absolute atomic E-state index is 14.6. The molecule has 7 nitrogen and oxygen atoms in total. The molecule has 8 rings (SSSR count). The molecule has 1 aromatic heterocycles. The zero-order chi connectivity index (χ0) is 35.9. The maximum Gasteiger partial charge on any atom is 0.573 e. The fraction of sp³-hybridized carbons (Fsp3) is 0.590. The largest absolute Gasteiger partial charge is 0.573 e. The van der Waals surface area contributed by atoms with Crippen molar-refractivity contribution in [3.8, 4) is 5.75 Å². The van der Waals surface area contributed by atoms with Gasteiger partial charge in [0.05, 0.1) is 29.7 Å². The summed E-state index contributed by atoms with van der Waals surface area (Å²) in [5.41, 5.74) is -1.91.